The van der Waals surface area contributed by atoms with Crippen LogP contribution < -0.4 is 15.5 Å². The smallest absolute Gasteiger partial charge is 0.267 e. The van der Waals surface area contributed by atoms with Gasteiger partial charge in [0.05, 0.1) is 35.4 Å². The number of carbonyl (C=O) groups is 1. The van der Waals surface area contributed by atoms with Crippen molar-refractivity contribution in [3.05, 3.63) is 52.3 Å². The van der Waals surface area contributed by atoms with Gasteiger partial charge in [-0.15, -0.1) is 0 Å². The molecule has 3 aromatic rings. The van der Waals surface area contributed by atoms with Gasteiger partial charge in [-0.3, -0.25) is 9.78 Å². The zero-order valence-electron chi connectivity index (χ0n) is 15.6. The van der Waals surface area contributed by atoms with Crippen molar-refractivity contribution in [1.29, 1.82) is 0 Å². The topological polar surface area (TPSA) is 103 Å². The van der Waals surface area contributed by atoms with E-state index in [1.54, 1.807) is 18.5 Å². The Labute approximate surface area is 176 Å². The van der Waals surface area contributed by atoms with Crippen molar-refractivity contribution >= 4 is 51.3 Å². The van der Waals surface area contributed by atoms with Gasteiger partial charge in [-0.05, 0) is 25.0 Å². The third-order valence-corrected chi connectivity index (χ3v) is 5.76. The van der Waals surface area contributed by atoms with Crippen LogP contribution in [0.25, 0.3) is 0 Å². The minimum absolute atomic E-state index is 0.280. The molecule has 1 saturated heterocycles. The van der Waals surface area contributed by atoms with E-state index in [1.165, 1.54) is 17.5 Å². The number of aliphatic hydroxyl groups is 1. The van der Waals surface area contributed by atoms with Crippen LogP contribution in [0.5, 0.6) is 0 Å². The first-order valence-corrected chi connectivity index (χ1v) is 10.2. The van der Waals surface area contributed by atoms with Crippen molar-refractivity contribution in [2.24, 2.45) is 0 Å². The van der Waals surface area contributed by atoms with E-state index in [2.05, 4.69) is 25.6 Å². The first-order valence-electron chi connectivity index (χ1n) is 9.04. The fraction of sp³-hybridized carbons (Fsp3) is 0.263. The van der Waals surface area contributed by atoms with Gasteiger partial charge in [-0.2, -0.15) is 0 Å². The number of carbonyl (C=O) groups excluding carboxylic acids is 1. The number of nitrogens with one attached hydrogen (secondary N) is 2. The van der Waals surface area contributed by atoms with Crippen LogP contribution >= 0.6 is 22.9 Å². The highest BCUT2D eigenvalue weighted by Gasteiger charge is 2.22. The molecule has 0 radical (unpaired) electrons. The summed E-state index contributed by atoms with van der Waals surface area (Å²) < 4.78 is 0. The zero-order valence-corrected chi connectivity index (χ0v) is 17.2. The molecule has 0 bridgehead atoms. The summed E-state index contributed by atoms with van der Waals surface area (Å²) in [5.74, 6) is 0.931. The number of para-hydroxylation sites is 1. The Kier molecular flexibility index (Phi) is 5.61. The van der Waals surface area contributed by atoms with E-state index in [4.69, 9.17) is 11.6 Å². The summed E-state index contributed by atoms with van der Waals surface area (Å²) in [7, 11) is 0. The molecule has 3 heterocycles. The number of nitrogens with zero attached hydrogens (tertiary/aromatic N) is 4. The number of aliphatic hydroxyl groups excluding tert-OH is 1. The number of rotatable bonds is 5. The van der Waals surface area contributed by atoms with Crippen LogP contribution in [0.2, 0.25) is 5.02 Å². The van der Waals surface area contributed by atoms with Crippen molar-refractivity contribution in [3.63, 3.8) is 0 Å². The number of anilines is 4. The van der Waals surface area contributed by atoms with E-state index in [0.717, 1.165) is 18.5 Å². The Balaban J connectivity index is 1.45. The highest BCUT2D eigenvalue weighted by atomic mass is 35.5. The van der Waals surface area contributed by atoms with Gasteiger partial charge >= 0.3 is 0 Å². The first-order chi connectivity index (χ1) is 14.0. The third-order valence-electron chi connectivity index (χ3n) is 4.53. The molecule has 1 atom stereocenters. The van der Waals surface area contributed by atoms with E-state index in [9.17, 15) is 9.90 Å². The second-order valence-corrected chi connectivity index (χ2v) is 8.13. The monoisotopic (exact) mass is 430 g/mol. The predicted octanol–water partition coefficient (Wildman–Crippen LogP) is 3.46. The fourth-order valence-corrected chi connectivity index (χ4v) is 4.02. The molecule has 0 saturated carbocycles. The number of benzene rings is 1. The maximum Gasteiger partial charge on any atom is 0.267 e. The van der Waals surface area contributed by atoms with Gasteiger partial charge in [0.1, 0.15) is 10.7 Å². The van der Waals surface area contributed by atoms with Crippen LogP contribution in [0.4, 0.5) is 22.5 Å². The zero-order chi connectivity index (χ0) is 20.4. The Morgan fingerprint density at radius 1 is 1.34 bits per heavy atom. The van der Waals surface area contributed by atoms with Crippen molar-refractivity contribution in [2.45, 2.75) is 19.4 Å². The Morgan fingerprint density at radius 3 is 2.97 bits per heavy atom. The van der Waals surface area contributed by atoms with Gasteiger partial charge in [-0.25, -0.2) is 9.97 Å². The molecule has 29 heavy (non-hydrogen) atoms. The van der Waals surface area contributed by atoms with E-state index >= 15 is 0 Å². The summed E-state index contributed by atoms with van der Waals surface area (Å²) in [5, 5.41) is 16.6. The lowest BCUT2D eigenvalue weighted by molar-refractivity contribution is 0.103. The lowest BCUT2D eigenvalue weighted by Crippen LogP contribution is -2.22. The van der Waals surface area contributed by atoms with Gasteiger partial charge in [0.2, 0.25) is 0 Å². The van der Waals surface area contributed by atoms with Gasteiger partial charge in [0.15, 0.2) is 10.9 Å². The SMILES string of the molecule is Cc1cccc(Cl)c1NC(=O)c1cnc(Nc2cncc(N3CCC(O)C3)n2)s1. The third kappa shape index (κ3) is 4.47. The lowest BCUT2D eigenvalue weighted by Gasteiger charge is -2.16. The molecule has 1 unspecified atom stereocenters. The summed E-state index contributed by atoms with van der Waals surface area (Å²) in [4.78, 5) is 28.0. The van der Waals surface area contributed by atoms with E-state index in [-0.39, 0.29) is 12.0 Å². The van der Waals surface area contributed by atoms with E-state index in [0.29, 0.717) is 38.9 Å². The van der Waals surface area contributed by atoms with E-state index in [1.807, 2.05) is 24.0 Å². The van der Waals surface area contributed by atoms with Gasteiger partial charge in [0.25, 0.3) is 5.91 Å². The lowest BCUT2D eigenvalue weighted by atomic mass is 10.2. The van der Waals surface area contributed by atoms with Crippen LogP contribution in [0.1, 0.15) is 21.7 Å². The Hall–Kier alpha value is -2.75. The quantitative estimate of drug-likeness (QED) is 0.569. The molecule has 1 aromatic carbocycles. The average Bonchev–Trinajstić information content (AvgIpc) is 3.34. The van der Waals surface area contributed by atoms with E-state index < -0.39 is 0 Å². The normalized spacial score (nSPS) is 16.1. The molecule has 1 fully saturated rings. The molecule has 10 heteroatoms. The van der Waals surface area contributed by atoms with Crippen molar-refractivity contribution in [3.8, 4) is 0 Å². The van der Waals surface area contributed by atoms with Gasteiger partial charge in [-0.1, -0.05) is 35.1 Å². The highest BCUT2D eigenvalue weighted by molar-refractivity contribution is 7.17. The second-order valence-electron chi connectivity index (χ2n) is 6.69. The van der Waals surface area contributed by atoms with Crippen LogP contribution in [0.15, 0.2) is 36.8 Å². The molecule has 4 rings (SSSR count). The van der Waals surface area contributed by atoms with Crippen LogP contribution in [-0.2, 0) is 0 Å². The van der Waals surface area contributed by atoms with Crippen LogP contribution in [0.3, 0.4) is 0 Å². The minimum Gasteiger partial charge on any atom is -0.391 e. The molecule has 1 aliphatic heterocycles. The van der Waals surface area contributed by atoms with Gasteiger partial charge < -0.3 is 20.6 Å². The summed E-state index contributed by atoms with van der Waals surface area (Å²) in [5.41, 5.74) is 1.47. The molecule has 2 aromatic heterocycles. The maximum absolute atomic E-state index is 12.6. The fourth-order valence-electron chi connectivity index (χ4n) is 3.03. The molecule has 0 spiro atoms. The number of hydrogen-bond acceptors (Lipinski definition) is 8. The number of amides is 1. The molecule has 150 valence electrons. The summed E-state index contributed by atoms with van der Waals surface area (Å²) in [6, 6.07) is 5.45. The molecular formula is C19H19ClN6O2S. The number of aromatic nitrogens is 3. The standard InChI is InChI=1S/C19H19ClN6O2S/c1-11-3-2-4-13(20)17(11)25-18(28)14-7-22-19(29-14)24-15-8-21-9-16(23-15)26-6-5-12(27)10-26/h2-4,7-9,12,27H,5-6,10H2,1H3,(H,25,28)(H,22,23,24). The summed E-state index contributed by atoms with van der Waals surface area (Å²) in [6.45, 7) is 3.16. The number of hydrogen-bond donors (Lipinski definition) is 3. The molecule has 3 N–H and O–H groups in total. The second kappa shape index (κ2) is 8.32. The van der Waals surface area contributed by atoms with Crippen molar-refractivity contribution in [2.75, 3.05) is 28.6 Å². The number of aryl methyl sites for hydroxylation is 1. The Bertz CT molecular complexity index is 1020. The first kappa shape index (κ1) is 19.6. The molecular weight excluding hydrogens is 412 g/mol. The molecule has 1 aliphatic rings. The van der Waals surface area contributed by atoms with Crippen molar-refractivity contribution < 1.29 is 9.90 Å². The number of β-amino-alcohol motifs (C(OH)–C–C–N with tert-alkyl or cyclic N) is 1. The minimum atomic E-state index is -0.338. The van der Waals surface area contributed by atoms with Crippen LogP contribution in [0, 0.1) is 6.92 Å². The molecule has 1 amide bonds. The van der Waals surface area contributed by atoms with Crippen LogP contribution in [-0.4, -0.2) is 45.2 Å². The molecule has 0 aliphatic carbocycles. The Morgan fingerprint density at radius 2 is 2.21 bits per heavy atom. The number of halogens is 1. The summed E-state index contributed by atoms with van der Waals surface area (Å²) in [6.07, 6.45) is 5.13. The highest BCUT2D eigenvalue weighted by Crippen LogP contribution is 2.28. The molecule has 8 nitrogen and oxygen atoms in total. The maximum atomic E-state index is 12.6. The van der Waals surface area contributed by atoms with Crippen molar-refractivity contribution in [1.82, 2.24) is 15.0 Å². The number of thiazole rings is 1. The van der Waals surface area contributed by atoms with Gasteiger partial charge in [0, 0.05) is 13.1 Å². The largest absolute Gasteiger partial charge is 0.391 e. The predicted molar refractivity (Wildman–Crippen MR) is 114 cm³/mol. The average molecular weight is 431 g/mol. The summed E-state index contributed by atoms with van der Waals surface area (Å²) >= 11 is 7.38.